The van der Waals surface area contributed by atoms with Gasteiger partial charge in [-0.1, -0.05) is 18.2 Å². The van der Waals surface area contributed by atoms with Gasteiger partial charge in [0.1, 0.15) is 11.1 Å². The normalized spacial score (nSPS) is 11.0. The van der Waals surface area contributed by atoms with Crippen LogP contribution in [0.2, 0.25) is 0 Å². The lowest BCUT2D eigenvalue weighted by atomic mass is 10.1. The molecule has 0 radical (unpaired) electrons. The molecule has 0 spiro atoms. The van der Waals surface area contributed by atoms with Gasteiger partial charge in [0.25, 0.3) is 5.91 Å². The number of nitrogens with one attached hydrogen (secondary N) is 3. The van der Waals surface area contributed by atoms with E-state index in [1.54, 1.807) is 42.5 Å². The van der Waals surface area contributed by atoms with E-state index in [1.165, 1.54) is 6.07 Å². The number of anilines is 1. The Morgan fingerprint density at radius 1 is 0.958 bits per heavy atom. The second-order valence-corrected chi connectivity index (χ2v) is 5.28. The molecule has 2 aromatic heterocycles. The molecule has 24 heavy (non-hydrogen) atoms. The number of benzene rings is 2. The second kappa shape index (κ2) is 5.24. The largest absolute Gasteiger partial charge is 0.422 e. The highest BCUT2D eigenvalue weighted by Gasteiger charge is 2.14. The van der Waals surface area contributed by atoms with Gasteiger partial charge in [0, 0.05) is 11.1 Å². The van der Waals surface area contributed by atoms with Crippen LogP contribution in [0.3, 0.4) is 0 Å². The van der Waals surface area contributed by atoms with E-state index in [4.69, 9.17) is 4.42 Å². The zero-order valence-corrected chi connectivity index (χ0v) is 12.3. The molecule has 0 aliphatic carbocycles. The van der Waals surface area contributed by atoms with Gasteiger partial charge in [0.05, 0.1) is 11.0 Å². The van der Waals surface area contributed by atoms with Crippen LogP contribution in [0.5, 0.6) is 0 Å². The number of aromatic amines is 2. The van der Waals surface area contributed by atoms with Crippen LogP contribution in [0.15, 0.2) is 62.5 Å². The molecule has 4 rings (SSSR count). The van der Waals surface area contributed by atoms with Gasteiger partial charge in [0.15, 0.2) is 0 Å². The first-order chi connectivity index (χ1) is 11.6. The van der Waals surface area contributed by atoms with Crippen LogP contribution in [-0.2, 0) is 0 Å². The van der Waals surface area contributed by atoms with Gasteiger partial charge in [-0.25, -0.2) is 9.59 Å². The second-order valence-electron chi connectivity index (χ2n) is 5.28. The highest BCUT2D eigenvalue weighted by Crippen LogP contribution is 2.17. The van der Waals surface area contributed by atoms with Crippen molar-refractivity contribution in [2.24, 2.45) is 0 Å². The number of hydrogen-bond acceptors (Lipinski definition) is 4. The van der Waals surface area contributed by atoms with Crippen LogP contribution in [0.1, 0.15) is 10.4 Å². The lowest BCUT2D eigenvalue weighted by molar-refractivity contribution is 0.102. The van der Waals surface area contributed by atoms with Crippen molar-refractivity contribution in [3.63, 3.8) is 0 Å². The molecule has 2 heterocycles. The molecule has 7 heteroatoms. The van der Waals surface area contributed by atoms with Crippen molar-refractivity contribution in [1.29, 1.82) is 0 Å². The maximum Gasteiger partial charge on any atom is 0.349 e. The monoisotopic (exact) mass is 321 g/mol. The molecule has 0 aliphatic heterocycles. The summed E-state index contributed by atoms with van der Waals surface area (Å²) in [5.74, 6) is -0.577. The number of imidazole rings is 1. The summed E-state index contributed by atoms with van der Waals surface area (Å²) >= 11 is 0. The summed E-state index contributed by atoms with van der Waals surface area (Å²) in [6.45, 7) is 0. The number of carbonyl (C=O) groups is 1. The maximum absolute atomic E-state index is 12.4. The average molecular weight is 321 g/mol. The van der Waals surface area contributed by atoms with Gasteiger partial charge in [-0.15, -0.1) is 0 Å². The third-order valence-corrected chi connectivity index (χ3v) is 3.66. The van der Waals surface area contributed by atoms with Crippen LogP contribution in [0, 0.1) is 0 Å². The summed E-state index contributed by atoms with van der Waals surface area (Å²) in [5.41, 5.74) is 0.939. The predicted molar refractivity (Wildman–Crippen MR) is 89.4 cm³/mol. The highest BCUT2D eigenvalue weighted by atomic mass is 16.4. The third-order valence-electron chi connectivity index (χ3n) is 3.66. The molecule has 4 aromatic rings. The number of fused-ring (bicyclic) bond motifs is 2. The van der Waals surface area contributed by atoms with E-state index in [-0.39, 0.29) is 11.3 Å². The van der Waals surface area contributed by atoms with Crippen LogP contribution in [0.4, 0.5) is 5.69 Å². The minimum Gasteiger partial charge on any atom is -0.422 e. The van der Waals surface area contributed by atoms with Crippen LogP contribution < -0.4 is 16.6 Å². The lowest BCUT2D eigenvalue weighted by Gasteiger charge is -2.05. The fourth-order valence-electron chi connectivity index (χ4n) is 2.53. The van der Waals surface area contributed by atoms with Crippen LogP contribution in [0.25, 0.3) is 22.0 Å². The number of carbonyl (C=O) groups excluding carboxylic acids is 1. The standard InChI is InChI=1S/C17H11N3O4/c21-15(11-7-9-3-1-2-4-14(9)24-16(11)22)18-10-5-6-12-13(8-10)20-17(23)19-12/h1-8H,(H,18,21)(H2,19,20,23). The van der Waals surface area contributed by atoms with Gasteiger partial charge in [-0.2, -0.15) is 0 Å². The van der Waals surface area contributed by atoms with Crippen molar-refractivity contribution in [3.05, 3.63) is 75.0 Å². The summed E-state index contributed by atoms with van der Waals surface area (Å²) in [6, 6.07) is 13.3. The Kier molecular flexibility index (Phi) is 3.06. The Morgan fingerprint density at radius 2 is 1.75 bits per heavy atom. The Morgan fingerprint density at radius 3 is 2.62 bits per heavy atom. The smallest absolute Gasteiger partial charge is 0.349 e. The summed E-state index contributed by atoms with van der Waals surface area (Å²) in [6.07, 6.45) is 0. The molecule has 0 aliphatic rings. The van der Waals surface area contributed by atoms with Crippen molar-refractivity contribution in [2.75, 3.05) is 5.32 Å². The molecule has 0 bridgehead atoms. The minimum atomic E-state index is -0.706. The SMILES string of the molecule is O=C(Nc1ccc2[nH]c(=O)[nH]c2c1)c1cc2ccccc2oc1=O. The van der Waals surface area contributed by atoms with Crippen LogP contribution >= 0.6 is 0 Å². The van der Waals surface area contributed by atoms with E-state index in [0.717, 1.165) is 0 Å². The molecule has 3 N–H and O–H groups in total. The van der Waals surface area contributed by atoms with Crippen molar-refractivity contribution in [2.45, 2.75) is 0 Å². The third kappa shape index (κ3) is 2.38. The molecule has 2 aromatic carbocycles. The van der Waals surface area contributed by atoms with E-state index in [2.05, 4.69) is 15.3 Å². The van der Waals surface area contributed by atoms with Crippen molar-refractivity contribution >= 4 is 33.6 Å². The predicted octanol–water partition coefficient (Wildman–Crippen LogP) is 2.21. The molecule has 0 unspecified atom stereocenters. The summed E-state index contributed by atoms with van der Waals surface area (Å²) < 4.78 is 5.16. The zero-order valence-electron chi connectivity index (χ0n) is 12.3. The fraction of sp³-hybridized carbons (Fsp3) is 0. The number of hydrogen-bond donors (Lipinski definition) is 3. The van der Waals surface area contributed by atoms with E-state index in [9.17, 15) is 14.4 Å². The quantitative estimate of drug-likeness (QED) is 0.492. The minimum absolute atomic E-state index is 0.0867. The van der Waals surface area contributed by atoms with Gasteiger partial charge >= 0.3 is 11.3 Å². The number of rotatable bonds is 2. The number of H-pyrrole nitrogens is 2. The molecule has 0 atom stereocenters. The Balaban J connectivity index is 1.71. The highest BCUT2D eigenvalue weighted by molar-refractivity contribution is 6.06. The number of aromatic nitrogens is 2. The average Bonchev–Trinajstić information content (AvgIpc) is 2.93. The van der Waals surface area contributed by atoms with E-state index >= 15 is 0 Å². The molecule has 0 saturated heterocycles. The summed E-state index contributed by atoms with van der Waals surface area (Å²) in [4.78, 5) is 40.8. The first kappa shape index (κ1) is 14.0. The van der Waals surface area contributed by atoms with Crippen molar-refractivity contribution in [1.82, 2.24) is 9.97 Å². The topological polar surface area (TPSA) is 108 Å². The van der Waals surface area contributed by atoms with Crippen LogP contribution in [-0.4, -0.2) is 15.9 Å². The summed E-state index contributed by atoms with van der Waals surface area (Å²) in [5, 5.41) is 3.29. The van der Waals surface area contributed by atoms with Crippen molar-refractivity contribution in [3.8, 4) is 0 Å². The first-order valence-electron chi connectivity index (χ1n) is 7.16. The van der Waals surface area contributed by atoms with Gasteiger partial charge in [0.2, 0.25) is 0 Å². The number of para-hydroxylation sites is 1. The van der Waals surface area contributed by atoms with Gasteiger partial charge in [-0.05, 0) is 30.3 Å². The lowest BCUT2D eigenvalue weighted by Crippen LogP contribution is -2.20. The molecular weight excluding hydrogens is 310 g/mol. The molecular formula is C17H11N3O4. The van der Waals surface area contributed by atoms with Crippen molar-refractivity contribution < 1.29 is 9.21 Å². The van der Waals surface area contributed by atoms with E-state index < -0.39 is 11.5 Å². The fourth-order valence-corrected chi connectivity index (χ4v) is 2.53. The van der Waals surface area contributed by atoms with Gasteiger partial charge in [-0.3, -0.25) is 4.79 Å². The molecule has 1 amide bonds. The Hall–Kier alpha value is -3.61. The molecule has 7 nitrogen and oxygen atoms in total. The zero-order chi connectivity index (χ0) is 16.7. The van der Waals surface area contributed by atoms with Gasteiger partial charge < -0.3 is 19.7 Å². The first-order valence-corrected chi connectivity index (χ1v) is 7.16. The molecule has 118 valence electrons. The summed E-state index contributed by atoms with van der Waals surface area (Å²) in [7, 11) is 0. The Bertz CT molecular complexity index is 1200. The molecule has 0 saturated carbocycles. The van der Waals surface area contributed by atoms with E-state index in [1.807, 2.05) is 0 Å². The maximum atomic E-state index is 12.4. The molecule has 0 fully saturated rings. The number of amides is 1. The van der Waals surface area contributed by atoms with E-state index in [0.29, 0.717) is 27.7 Å². The Labute approximate surface area is 133 Å².